The third kappa shape index (κ3) is 4.78. The van der Waals surface area contributed by atoms with Crippen LogP contribution in [0.1, 0.15) is 12.1 Å². The highest BCUT2D eigenvalue weighted by Gasteiger charge is 2.08. The molecule has 7 heteroatoms. The third-order valence-corrected chi connectivity index (χ3v) is 4.03. The molecule has 0 atom stereocenters. The van der Waals surface area contributed by atoms with Gasteiger partial charge in [-0.25, -0.2) is 4.98 Å². The number of carbonyl (C=O) groups is 2. The zero-order valence-electron chi connectivity index (χ0n) is 14.9. The Labute approximate surface area is 156 Å². The number of rotatable bonds is 6. The Kier molecular flexibility index (Phi) is 5.61. The molecule has 0 bridgehead atoms. The quantitative estimate of drug-likeness (QED) is 0.698. The Morgan fingerprint density at radius 1 is 1.04 bits per heavy atom. The van der Waals surface area contributed by atoms with E-state index in [0.717, 1.165) is 11.1 Å². The van der Waals surface area contributed by atoms with Gasteiger partial charge >= 0.3 is 0 Å². The number of fused-ring (bicyclic) bond motifs is 1. The Bertz CT molecular complexity index is 1040. The van der Waals surface area contributed by atoms with Gasteiger partial charge in [-0.05, 0) is 36.6 Å². The maximum absolute atomic E-state index is 12.4. The molecule has 7 nitrogen and oxygen atoms in total. The molecular weight excluding hydrogens is 344 g/mol. The Morgan fingerprint density at radius 3 is 2.67 bits per heavy atom. The van der Waals surface area contributed by atoms with E-state index in [-0.39, 0.29) is 36.9 Å². The number of nitrogens with zero attached hydrogens (tertiary/aromatic N) is 2. The van der Waals surface area contributed by atoms with Crippen LogP contribution >= 0.6 is 0 Å². The summed E-state index contributed by atoms with van der Waals surface area (Å²) >= 11 is 0. The molecule has 1 aromatic carbocycles. The second-order valence-electron chi connectivity index (χ2n) is 6.15. The first-order valence-electron chi connectivity index (χ1n) is 8.61. The molecule has 0 aliphatic carbocycles. The van der Waals surface area contributed by atoms with Crippen LogP contribution in [0.3, 0.4) is 0 Å². The molecule has 0 radical (unpaired) electrons. The fourth-order valence-electron chi connectivity index (χ4n) is 2.70. The maximum Gasteiger partial charge on any atom is 0.258 e. The van der Waals surface area contributed by atoms with Crippen molar-refractivity contribution < 1.29 is 9.59 Å². The summed E-state index contributed by atoms with van der Waals surface area (Å²) in [4.78, 5) is 40.6. The number of hydrogen-bond acceptors (Lipinski definition) is 4. The number of pyridine rings is 2. The average Bonchev–Trinajstić information content (AvgIpc) is 2.64. The first-order chi connectivity index (χ1) is 13.0. The molecule has 0 spiro atoms. The van der Waals surface area contributed by atoms with Crippen LogP contribution in [-0.4, -0.2) is 27.9 Å². The van der Waals surface area contributed by atoms with Crippen LogP contribution in [0.4, 0.5) is 5.82 Å². The van der Waals surface area contributed by atoms with Gasteiger partial charge in [-0.2, -0.15) is 0 Å². The van der Waals surface area contributed by atoms with E-state index in [0.29, 0.717) is 11.2 Å². The minimum atomic E-state index is -0.325. The predicted octanol–water partition coefficient (Wildman–Crippen LogP) is 1.85. The van der Waals surface area contributed by atoms with Crippen molar-refractivity contribution in [2.24, 2.45) is 0 Å². The topological polar surface area (TPSA) is 93.1 Å². The smallest absolute Gasteiger partial charge is 0.258 e. The zero-order valence-corrected chi connectivity index (χ0v) is 14.9. The van der Waals surface area contributed by atoms with E-state index in [9.17, 15) is 14.4 Å². The number of aryl methyl sites for hydroxylation is 1. The van der Waals surface area contributed by atoms with Gasteiger partial charge in [-0.3, -0.25) is 14.4 Å². The largest absolute Gasteiger partial charge is 0.354 e. The van der Waals surface area contributed by atoms with Gasteiger partial charge in [0.15, 0.2) is 0 Å². The lowest BCUT2D eigenvalue weighted by atomic mass is 10.2. The summed E-state index contributed by atoms with van der Waals surface area (Å²) in [6.07, 6.45) is 1.72. The minimum absolute atomic E-state index is 0.0925. The van der Waals surface area contributed by atoms with Crippen molar-refractivity contribution in [3.05, 3.63) is 70.8 Å². The summed E-state index contributed by atoms with van der Waals surface area (Å²) < 4.78 is 1.36. The molecule has 2 amide bonds. The molecule has 3 aromatic rings. The maximum atomic E-state index is 12.4. The van der Waals surface area contributed by atoms with Crippen molar-refractivity contribution in [2.45, 2.75) is 19.9 Å². The number of hydrogen-bond donors (Lipinski definition) is 2. The third-order valence-electron chi connectivity index (χ3n) is 4.03. The number of nitrogens with one attached hydrogen (secondary N) is 2. The number of carbonyl (C=O) groups excluding carboxylic acids is 2. The highest BCUT2D eigenvalue weighted by Crippen LogP contribution is 2.08. The Hall–Kier alpha value is -3.48. The van der Waals surface area contributed by atoms with Gasteiger partial charge in [-0.1, -0.05) is 24.3 Å². The van der Waals surface area contributed by atoms with E-state index < -0.39 is 0 Å². The summed E-state index contributed by atoms with van der Waals surface area (Å²) in [5.41, 5.74) is 0.591. The first-order valence-corrected chi connectivity index (χ1v) is 8.61. The highest BCUT2D eigenvalue weighted by atomic mass is 16.2. The van der Waals surface area contributed by atoms with Crippen LogP contribution in [-0.2, 0) is 16.1 Å². The van der Waals surface area contributed by atoms with Crippen LogP contribution in [0, 0.1) is 6.92 Å². The molecule has 0 aliphatic rings. The normalized spacial score (nSPS) is 10.6. The van der Waals surface area contributed by atoms with Gasteiger partial charge in [0.05, 0.1) is 0 Å². The van der Waals surface area contributed by atoms with Crippen LogP contribution in [0.15, 0.2) is 59.5 Å². The lowest BCUT2D eigenvalue weighted by Gasteiger charge is -2.09. The molecule has 0 unspecified atom stereocenters. The van der Waals surface area contributed by atoms with Crippen LogP contribution < -0.4 is 16.2 Å². The summed E-state index contributed by atoms with van der Waals surface area (Å²) in [6.45, 7) is 1.92. The zero-order chi connectivity index (χ0) is 19.2. The first kappa shape index (κ1) is 18.3. The van der Waals surface area contributed by atoms with Gasteiger partial charge in [0.2, 0.25) is 11.8 Å². The number of anilines is 1. The molecule has 2 heterocycles. The fourth-order valence-corrected chi connectivity index (χ4v) is 2.70. The van der Waals surface area contributed by atoms with Crippen molar-refractivity contribution in [3.63, 3.8) is 0 Å². The molecule has 2 N–H and O–H groups in total. The molecule has 2 aromatic heterocycles. The number of benzene rings is 1. The summed E-state index contributed by atoms with van der Waals surface area (Å²) in [5, 5.41) is 6.73. The molecule has 0 saturated carbocycles. The van der Waals surface area contributed by atoms with Crippen LogP contribution in [0.25, 0.3) is 10.8 Å². The summed E-state index contributed by atoms with van der Waals surface area (Å²) in [7, 11) is 0. The van der Waals surface area contributed by atoms with Gasteiger partial charge in [0.1, 0.15) is 12.4 Å². The van der Waals surface area contributed by atoms with Gasteiger partial charge in [0.25, 0.3) is 5.56 Å². The lowest BCUT2D eigenvalue weighted by Crippen LogP contribution is -2.33. The van der Waals surface area contributed by atoms with Gasteiger partial charge < -0.3 is 15.2 Å². The second kappa shape index (κ2) is 8.27. The highest BCUT2D eigenvalue weighted by molar-refractivity contribution is 5.90. The molecule has 0 aliphatic heterocycles. The van der Waals surface area contributed by atoms with Crippen LogP contribution in [0.2, 0.25) is 0 Å². The standard InChI is InChI=1S/C20H20N4O3/c1-14-5-4-8-17(22-14)23-18(25)9-11-21-19(26)13-24-12-10-15-6-2-3-7-16(15)20(24)27/h2-8,10,12H,9,11,13H2,1H3,(H,21,26)(H,22,23,25). The Morgan fingerprint density at radius 2 is 1.85 bits per heavy atom. The molecular formula is C20H20N4O3. The van der Waals surface area contributed by atoms with E-state index >= 15 is 0 Å². The minimum Gasteiger partial charge on any atom is -0.354 e. The van der Waals surface area contributed by atoms with Crippen molar-refractivity contribution in [3.8, 4) is 0 Å². The van der Waals surface area contributed by atoms with Crippen molar-refractivity contribution in [1.82, 2.24) is 14.9 Å². The van der Waals surface area contributed by atoms with Crippen molar-refractivity contribution in [1.29, 1.82) is 0 Å². The molecule has 27 heavy (non-hydrogen) atoms. The van der Waals surface area contributed by atoms with Crippen molar-refractivity contribution in [2.75, 3.05) is 11.9 Å². The van der Waals surface area contributed by atoms with E-state index in [1.807, 2.05) is 25.1 Å². The van der Waals surface area contributed by atoms with Gasteiger partial charge in [-0.15, -0.1) is 0 Å². The summed E-state index contributed by atoms with van der Waals surface area (Å²) in [6, 6.07) is 14.4. The molecule has 0 fully saturated rings. The predicted molar refractivity (Wildman–Crippen MR) is 103 cm³/mol. The molecule has 138 valence electrons. The lowest BCUT2D eigenvalue weighted by molar-refractivity contribution is -0.121. The fraction of sp³-hybridized carbons (Fsp3) is 0.200. The van der Waals surface area contributed by atoms with Crippen molar-refractivity contribution >= 4 is 28.4 Å². The van der Waals surface area contributed by atoms with E-state index in [1.165, 1.54) is 4.57 Å². The van der Waals surface area contributed by atoms with E-state index in [2.05, 4.69) is 15.6 Å². The van der Waals surface area contributed by atoms with Gasteiger partial charge in [0, 0.05) is 30.2 Å². The summed E-state index contributed by atoms with van der Waals surface area (Å²) in [5.74, 6) is -0.0841. The number of aromatic nitrogens is 2. The van der Waals surface area contributed by atoms with Crippen LogP contribution in [0.5, 0.6) is 0 Å². The van der Waals surface area contributed by atoms with E-state index in [1.54, 1.807) is 36.5 Å². The second-order valence-corrected chi connectivity index (χ2v) is 6.15. The molecule has 0 saturated heterocycles. The monoisotopic (exact) mass is 364 g/mol. The number of amides is 2. The molecule has 3 rings (SSSR count). The average molecular weight is 364 g/mol. The van der Waals surface area contributed by atoms with E-state index in [4.69, 9.17) is 0 Å². The SMILES string of the molecule is Cc1cccc(NC(=O)CCNC(=O)Cn2ccc3ccccc3c2=O)n1. The Balaban J connectivity index is 1.51.